The maximum Gasteiger partial charge on any atom is 0.165 e. The van der Waals surface area contributed by atoms with Crippen molar-refractivity contribution >= 4 is 11.6 Å². The molecular weight excluding hydrogens is 330 g/mol. The summed E-state index contributed by atoms with van der Waals surface area (Å²) in [5.41, 5.74) is 1.02. The number of hydrogen-bond donors (Lipinski definition) is 3. The number of amidine groups is 1. The Labute approximate surface area is 155 Å². The van der Waals surface area contributed by atoms with Crippen LogP contribution in [-0.2, 0) is 16.0 Å². The highest BCUT2D eigenvalue weighted by Crippen LogP contribution is 2.34. The first-order valence-electron chi connectivity index (χ1n) is 9.26. The number of rotatable bonds is 6. The van der Waals surface area contributed by atoms with E-state index in [1.807, 2.05) is 25.2 Å². The second kappa shape index (κ2) is 7.37. The highest BCUT2D eigenvalue weighted by Gasteiger charge is 2.42. The number of carbonyl (C=O) groups excluding carboxylic acids is 1. The number of aryl methyl sites for hydroxylation is 1. The van der Waals surface area contributed by atoms with Crippen molar-refractivity contribution in [1.29, 1.82) is 5.41 Å². The van der Waals surface area contributed by atoms with Crippen LogP contribution < -0.4 is 15.4 Å². The van der Waals surface area contributed by atoms with Crippen LogP contribution in [0.4, 0.5) is 0 Å². The molecule has 0 bridgehead atoms. The Balaban J connectivity index is 1.67. The molecular formula is C20H29N3O3. The van der Waals surface area contributed by atoms with Crippen LogP contribution in [0.5, 0.6) is 5.75 Å². The van der Waals surface area contributed by atoms with E-state index in [2.05, 4.69) is 10.6 Å². The van der Waals surface area contributed by atoms with E-state index >= 15 is 0 Å². The minimum Gasteiger partial charge on any atom is -0.487 e. The fraction of sp³-hybridized carbons (Fsp3) is 0.600. The average molecular weight is 359 g/mol. The zero-order valence-electron chi connectivity index (χ0n) is 16.0. The van der Waals surface area contributed by atoms with Crippen molar-refractivity contribution in [1.82, 2.24) is 10.6 Å². The number of Topliss-reactive ketones (excluding diaryl/α,β-unsaturated/α-hetero) is 1. The van der Waals surface area contributed by atoms with Gasteiger partial charge in [-0.25, -0.2) is 0 Å². The molecule has 142 valence electrons. The maximum atomic E-state index is 12.0. The number of hydrogen-bond acceptors (Lipinski definition) is 5. The van der Waals surface area contributed by atoms with E-state index in [0.717, 1.165) is 36.1 Å². The van der Waals surface area contributed by atoms with Crippen molar-refractivity contribution in [2.75, 3.05) is 14.2 Å². The van der Waals surface area contributed by atoms with E-state index < -0.39 is 5.60 Å². The van der Waals surface area contributed by atoms with Crippen LogP contribution in [0, 0.1) is 5.41 Å². The number of ether oxygens (including phenoxy) is 2. The molecule has 0 saturated heterocycles. The summed E-state index contributed by atoms with van der Waals surface area (Å²) in [5.74, 6) is 1.21. The van der Waals surface area contributed by atoms with Gasteiger partial charge in [0.05, 0.1) is 0 Å². The third-order valence-electron chi connectivity index (χ3n) is 5.93. The number of ketones is 1. The van der Waals surface area contributed by atoms with Crippen molar-refractivity contribution in [3.05, 3.63) is 29.3 Å². The van der Waals surface area contributed by atoms with Gasteiger partial charge in [0, 0.05) is 24.8 Å². The molecule has 1 fully saturated rings. The van der Waals surface area contributed by atoms with Crippen LogP contribution in [0.1, 0.15) is 44.2 Å². The molecule has 6 nitrogen and oxygen atoms in total. The van der Waals surface area contributed by atoms with E-state index in [4.69, 9.17) is 14.9 Å². The fourth-order valence-electron chi connectivity index (χ4n) is 3.69. The minimum atomic E-state index is -0.932. The molecule has 0 spiro atoms. The van der Waals surface area contributed by atoms with Crippen LogP contribution in [0.2, 0.25) is 0 Å². The van der Waals surface area contributed by atoms with Gasteiger partial charge in [-0.1, -0.05) is 0 Å². The summed E-state index contributed by atoms with van der Waals surface area (Å²) in [6, 6.07) is 6.76. The van der Waals surface area contributed by atoms with Gasteiger partial charge in [-0.2, -0.15) is 0 Å². The van der Waals surface area contributed by atoms with Gasteiger partial charge in [0.15, 0.2) is 11.4 Å². The smallest absolute Gasteiger partial charge is 0.165 e. The van der Waals surface area contributed by atoms with Gasteiger partial charge in [0.2, 0.25) is 0 Å². The third kappa shape index (κ3) is 3.48. The third-order valence-corrected chi connectivity index (χ3v) is 5.93. The molecule has 0 radical (unpaired) electrons. The molecule has 0 aromatic heterocycles. The van der Waals surface area contributed by atoms with Crippen molar-refractivity contribution < 1.29 is 14.3 Å². The highest BCUT2D eigenvalue weighted by atomic mass is 16.5. The first kappa shape index (κ1) is 18.9. The zero-order chi connectivity index (χ0) is 18.9. The van der Waals surface area contributed by atoms with Gasteiger partial charge < -0.3 is 20.1 Å². The van der Waals surface area contributed by atoms with Crippen LogP contribution in [-0.4, -0.2) is 49.6 Å². The van der Waals surface area contributed by atoms with Crippen LogP contribution in [0.25, 0.3) is 0 Å². The lowest BCUT2D eigenvalue weighted by atomic mass is 9.86. The lowest BCUT2D eigenvalue weighted by Crippen LogP contribution is -2.52. The number of fused-ring (bicyclic) bond motifs is 1. The summed E-state index contributed by atoms with van der Waals surface area (Å²) >= 11 is 0. The van der Waals surface area contributed by atoms with Crippen LogP contribution in [0.15, 0.2) is 18.2 Å². The number of benzene rings is 1. The van der Waals surface area contributed by atoms with E-state index in [0.29, 0.717) is 24.3 Å². The first-order chi connectivity index (χ1) is 12.4. The molecule has 1 saturated carbocycles. The monoisotopic (exact) mass is 359 g/mol. The quantitative estimate of drug-likeness (QED) is 0.535. The van der Waals surface area contributed by atoms with Gasteiger partial charge in [-0.05, 0) is 70.3 Å². The molecule has 26 heavy (non-hydrogen) atoms. The van der Waals surface area contributed by atoms with Crippen molar-refractivity contribution in [3.63, 3.8) is 0 Å². The molecule has 1 aromatic carbocycles. The van der Waals surface area contributed by atoms with E-state index in [9.17, 15) is 4.79 Å². The molecule has 3 N–H and O–H groups in total. The molecule has 2 aliphatic rings. The highest BCUT2D eigenvalue weighted by molar-refractivity contribution is 5.97. The minimum absolute atomic E-state index is 0.0311. The Morgan fingerprint density at radius 2 is 2.08 bits per heavy atom. The van der Waals surface area contributed by atoms with Crippen molar-refractivity contribution in [3.8, 4) is 5.75 Å². The second-order valence-corrected chi connectivity index (χ2v) is 7.51. The molecule has 1 aliphatic heterocycles. The van der Waals surface area contributed by atoms with Gasteiger partial charge >= 0.3 is 0 Å². The summed E-state index contributed by atoms with van der Waals surface area (Å²) in [5, 5.41) is 14.9. The Kier molecular flexibility index (Phi) is 5.34. The Morgan fingerprint density at radius 3 is 2.69 bits per heavy atom. The molecule has 1 aliphatic carbocycles. The van der Waals surface area contributed by atoms with Gasteiger partial charge in [0.1, 0.15) is 17.7 Å². The number of methoxy groups -OCH3 is 1. The summed E-state index contributed by atoms with van der Waals surface area (Å²) in [6.07, 6.45) is 3.32. The topological polar surface area (TPSA) is 83.4 Å². The zero-order valence-corrected chi connectivity index (χ0v) is 16.0. The molecule has 1 heterocycles. The maximum absolute atomic E-state index is 12.0. The van der Waals surface area contributed by atoms with E-state index in [-0.39, 0.29) is 11.9 Å². The van der Waals surface area contributed by atoms with Crippen LogP contribution >= 0.6 is 0 Å². The molecule has 0 amide bonds. The van der Waals surface area contributed by atoms with Crippen LogP contribution in [0.3, 0.4) is 0 Å². The van der Waals surface area contributed by atoms with Crippen molar-refractivity contribution in [2.45, 2.75) is 63.3 Å². The van der Waals surface area contributed by atoms with Gasteiger partial charge in [-0.15, -0.1) is 0 Å². The average Bonchev–Trinajstić information content (AvgIpc) is 2.62. The SMILES string of the molecule is CN[C@H]1C[C@H](NC(=N)c2ccc3c(c2)CC[C@H]([C@](C)(OC)C(C)=O)O3)C1. The lowest BCUT2D eigenvalue weighted by molar-refractivity contribution is -0.149. The molecule has 0 unspecified atom stereocenters. The summed E-state index contributed by atoms with van der Waals surface area (Å²) in [6.45, 7) is 3.33. The van der Waals surface area contributed by atoms with Gasteiger partial charge in [0.25, 0.3) is 0 Å². The number of nitrogens with one attached hydrogen (secondary N) is 3. The Bertz CT molecular complexity index is 700. The van der Waals surface area contributed by atoms with Crippen molar-refractivity contribution in [2.24, 2.45) is 0 Å². The fourth-order valence-corrected chi connectivity index (χ4v) is 3.69. The first-order valence-corrected chi connectivity index (χ1v) is 9.26. The molecule has 1 aromatic rings. The predicted molar refractivity (Wildman–Crippen MR) is 101 cm³/mol. The standard InChI is InChI=1S/C20H29N3O3/c1-12(24)20(2,25-4)18-8-6-13-9-14(5-7-17(13)26-18)19(21)23-16-10-15(11-16)22-3/h5,7,9,15-16,18,22H,6,8,10-11H2,1-4H3,(H2,21,23)/t15-,16-,18-,20-/m1/s1. The largest absolute Gasteiger partial charge is 0.487 e. The van der Waals surface area contributed by atoms with E-state index in [1.165, 1.54) is 6.92 Å². The van der Waals surface area contributed by atoms with E-state index in [1.54, 1.807) is 14.0 Å². The molecule has 2 atom stereocenters. The predicted octanol–water partition coefficient (Wildman–Crippen LogP) is 2.04. The molecule has 6 heteroatoms. The molecule has 3 rings (SSSR count). The van der Waals surface area contributed by atoms with Gasteiger partial charge in [-0.3, -0.25) is 10.2 Å². The summed E-state index contributed by atoms with van der Waals surface area (Å²) in [4.78, 5) is 12.0. The lowest BCUT2D eigenvalue weighted by Gasteiger charge is -2.38. The second-order valence-electron chi connectivity index (χ2n) is 7.51. The normalized spacial score (nSPS) is 26.7. The Morgan fingerprint density at radius 1 is 1.35 bits per heavy atom. The Hall–Kier alpha value is -1.92. The summed E-state index contributed by atoms with van der Waals surface area (Å²) < 4.78 is 11.6. The summed E-state index contributed by atoms with van der Waals surface area (Å²) in [7, 11) is 3.53. The number of carbonyl (C=O) groups is 1.